The Hall–Kier alpha value is -2.19. The highest BCUT2D eigenvalue weighted by Crippen LogP contribution is 2.22. The third kappa shape index (κ3) is 7.29. The monoisotopic (exact) mass is 436 g/mol. The van der Waals surface area contributed by atoms with Crippen molar-refractivity contribution in [1.29, 1.82) is 0 Å². The average Bonchev–Trinajstić information content (AvgIpc) is 2.69. The topological polar surface area (TPSA) is 75.7 Å². The van der Waals surface area contributed by atoms with Gasteiger partial charge < -0.3 is 10.1 Å². The van der Waals surface area contributed by atoms with Crippen LogP contribution in [-0.4, -0.2) is 46.0 Å². The van der Waals surface area contributed by atoms with E-state index in [1.807, 2.05) is 6.92 Å². The number of aryl methyl sites for hydroxylation is 1. The summed E-state index contributed by atoms with van der Waals surface area (Å²) in [5, 5.41) is 2.91. The molecule has 0 unspecified atom stereocenters. The van der Waals surface area contributed by atoms with Gasteiger partial charge in [-0.2, -0.15) is 0 Å². The van der Waals surface area contributed by atoms with E-state index in [-0.39, 0.29) is 5.91 Å². The first-order valence-corrected chi connectivity index (χ1v) is 12.2. The molecule has 0 saturated carbocycles. The van der Waals surface area contributed by atoms with Crippen molar-refractivity contribution in [3.8, 4) is 5.75 Å². The van der Waals surface area contributed by atoms with Gasteiger partial charge in [0.1, 0.15) is 5.75 Å². The molecule has 1 amide bonds. The summed E-state index contributed by atoms with van der Waals surface area (Å²) in [5.74, 6) is 1.14. The molecule has 0 bridgehead atoms. The average molecular weight is 437 g/mol. The number of benzene rings is 2. The van der Waals surface area contributed by atoms with Crippen molar-refractivity contribution < 1.29 is 17.9 Å². The quantitative estimate of drug-likeness (QED) is 0.456. The molecule has 0 heterocycles. The molecule has 2 rings (SSSR count). The zero-order chi connectivity index (χ0) is 21.4. The Bertz CT molecular complexity index is 897. The minimum Gasteiger partial charge on any atom is -0.481 e. The largest absolute Gasteiger partial charge is 0.481 e. The highest BCUT2D eigenvalue weighted by Gasteiger charge is 2.18. The standard InChI is InChI=1S/C21H28N2O4S2/c1-5-20(21(24)22-14-15-28-19-12-6-16(2)7-13-19)27-18-10-8-17(9-11-18)23(3)29(4,25)26/h6-13,20H,5,14-15H2,1-4H3,(H,22,24)/t20-/m1/s1. The summed E-state index contributed by atoms with van der Waals surface area (Å²) >= 11 is 1.69. The zero-order valence-corrected chi connectivity index (χ0v) is 18.8. The Labute approximate surface area is 177 Å². The second-order valence-electron chi connectivity index (χ2n) is 6.69. The molecule has 158 valence electrons. The van der Waals surface area contributed by atoms with Gasteiger partial charge in [-0.1, -0.05) is 24.6 Å². The van der Waals surface area contributed by atoms with Crippen LogP contribution >= 0.6 is 11.8 Å². The molecule has 0 spiro atoms. The molecule has 0 aliphatic rings. The number of nitrogens with zero attached hydrogens (tertiary/aromatic N) is 1. The molecule has 29 heavy (non-hydrogen) atoms. The number of sulfonamides is 1. The summed E-state index contributed by atoms with van der Waals surface area (Å²) in [5.41, 5.74) is 1.76. The number of amides is 1. The first-order chi connectivity index (χ1) is 13.7. The third-order valence-corrected chi connectivity index (χ3v) is 6.55. The van der Waals surface area contributed by atoms with Crippen LogP contribution in [0.3, 0.4) is 0 Å². The van der Waals surface area contributed by atoms with Crippen molar-refractivity contribution >= 4 is 33.4 Å². The lowest BCUT2D eigenvalue weighted by atomic mass is 10.2. The van der Waals surface area contributed by atoms with Crippen LogP contribution in [0.5, 0.6) is 5.75 Å². The van der Waals surface area contributed by atoms with E-state index in [0.29, 0.717) is 24.4 Å². The molecule has 2 aromatic rings. The minimum absolute atomic E-state index is 0.158. The normalized spacial score (nSPS) is 12.3. The van der Waals surface area contributed by atoms with Crippen molar-refractivity contribution in [3.63, 3.8) is 0 Å². The SMILES string of the molecule is CC[C@@H](Oc1ccc(N(C)S(C)(=O)=O)cc1)C(=O)NCCSc1ccc(C)cc1. The second-order valence-corrected chi connectivity index (χ2v) is 9.87. The van der Waals surface area contributed by atoms with E-state index in [1.165, 1.54) is 21.8 Å². The smallest absolute Gasteiger partial charge is 0.261 e. The van der Waals surface area contributed by atoms with Crippen molar-refractivity contribution in [1.82, 2.24) is 5.32 Å². The first kappa shape index (κ1) is 23.1. The fourth-order valence-corrected chi connectivity index (χ4v) is 3.78. The summed E-state index contributed by atoms with van der Waals surface area (Å²) in [6.07, 6.45) is 1.08. The van der Waals surface area contributed by atoms with Gasteiger partial charge in [-0.3, -0.25) is 9.10 Å². The maximum Gasteiger partial charge on any atom is 0.261 e. The van der Waals surface area contributed by atoms with E-state index in [0.717, 1.165) is 12.0 Å². The van der Waals surface area contributed by atoms with Crippen LogP contribution in [-0.2, 0) is 14.8 Å². The summed E-state index contributed by atoms with van der Waals surface area (Å²) in [7, 11) is -1.83. The Kier molecular flexibility index (Phi) is 8.40. The van der Waals surface area contributed by atoms with Gasteiger partial charge in [0.15, 0.2) is 6.10 Å². The molecule has 0 aliphatic heterocycles. The fraction of sp³-hybridized carbons (Fsp3) is 0.381. The molecule has 0 saturated heterocycles. The minimum atomic E-state index is -3.32. The molecule has 1 N–H and O–H groups in total. The Morgan fingerprint density at radius 1 is 1.14 bits per heavy atom. The van der Waals surface area contributed by atoms with Gasteiger partial charge in [0.05, 0.1) is 11.9 Å². The number of hydrogen-bond acceptors (Lipinski definition) is 5. The highest BCUT2D eigenvalue weighted by atomic mass is 32.2. The van der Waals surface area contributed by atoms with Gasteiger partial charge in [-0.05, 0) is 49.7 Å². The number of anilines is 1. The Balaban J connectivity index is 1.83. The van der Waals surface area contributed by atoms with Crippen LogP contribution in [0.4, 0.5) is 5.69 Å². The lowest BCUT2D eigenvalue weighted by Gasteiger charge is -2.19. The molecule has 0 radical (unpaired) electrons. The zero-order valence-electron chi connectivity index (χ0n) is 17.2. The van der Waals surface area contributed by atoms with Crippen LogP contribution in [0, 0.1) is 6.92 Å². The molecule has 0 aliphatic carbocycles. The van der Waals surface area contributed by atoms with E-state index < -0.39 is 16.1 Å². The van der Waals surface area contributed by atoms with Crippen LogP contribution in [0.2, 0.25) is 0 Å². The maximum atomic E-state index is 12.4. The van der Waals surface area contributed by atoms with Gasteiger partial charge in [-0.25, -0.2) is 8.42 Å². The van der Waals surface area contributed by atoms with E-state index in [9.17, 15) is 13.2 Å². The Morgan fingerprint density at radius 2 is 1.76 bits per heavy atom. The predicted octanol–water partition coefficient (Wildman–Crippen LogP) is 3.46. The van der Waals surface area contributed by atoms with Gasteiger partial charge in [-0.15, -0.1) is 11.8 Å². The van der Waals surface area contributed by atoms with Crippen LogP contribution in [0.15, 0.2) is 53.4 Å². The van der Waals surface area contributed by atoms with Crippen LogP contribution < -0.4 is 14.4 Å². The van der Waals surface area contributed by atoms with Gasteiger partial charge in [0.25, 0.3) is 5.91 Å². The summed E-state index contributed by atoms with van der Waals surface area (Å²) < 4.78 is 30.2. The van der Waals surface area contributed by atoms with Crippen LogP contribution in [0.1, 0.15) is 18.9 Å². The predicted molar refractivity (Wildman–Crippen MR) is 119 cm³/mol. The number of ether oxygens (including phenoxy) is 1. The van der Waals surface area contributed by atoms with E-state index in [4.69, 9.17) is 4.74 Å². The lowest BCUT2D eigenvalue weighted by molar-refractivity contribution is -0.127. The number of carbonyl (C=O) groups excluding carboxylic acids is 1. The van der Waals surface area contributed by atoms with Gasteiger partial charge in [0.2, 0.25) is 10.0 Å². The number of nitrogens with one attached hydrogen (secondary N) is 1. The highest BCUT2D eigenvalue weighted by molar-refractivity contribution is 7.99. The lowest BCUT2D eigenvalue weighted by Crippen LogP contribution is -2.39. The van der Waals surface area contributed by atoms with Crippen molar-refractivity contribution in [3.05, 3.63) is 54.1 Å². The number of thioether (sulfide) groups is 1. The van der Waals surface area contributed by atoms with E-state index >= 15 is 0 Å². The van der Waals surface area contributed by atoms with E-state index in [2.05, 4.69) is 36.5 Å². The Morgan fingerprint density at radius 3 is 2.31 bits per heavy atom. The second kappa shape index (κ2) is 10.5. The number of carbonyl (C=O) groups is 1. The molecule has 8 heteroatoms. The summed E-state index contributed by atoms with van der Waals surface area (Å²) in [6.45, 7) is 4.49. The van der Waals surface area contributed by atoms with Gasteiger partial charge >= 0.3 is 0 Å². The van der Waals surface area contributed by atoms with E-state index in [1.54, 1.807) is 36.0 Å². The molecule has 0 aromatic heterocycles. The van der Waals surface area contributed by atoms with Crippen LogP contribution in [0.25, 0.3) is 0 Å². The van der Waals surface area contributed by atoms with Crippen molar-refractivity contribution in [2.24, 2.45) is 0 Å². The maximum absolute atomic E-state index is 12.4. The summed E-state index contributed by atoms with van der Waals surface area (Å²) in [4.78, 5) is 13.6. The molecular weight excluding hydrogens is 408 g/mol. The summed E-state index contributed by atoms with van der Waals surface area (Å²) in [6, 6.07) is 14.9. The van der Waals surface area contributed by atoms with Crippen molar-refractivity contribution in [2.75, 3.05) is 29.9 Å². The molecular formula is C21H28N2O4S2. The molecule has 6 nitrogen and oxygen atoms in total. The molecule has 2 aromatic carbocycles. The molecule has 0 fully saturated rings. The van der Waals surface area contributed by atoms with Gasteiger partial charge in [0, 0.05) is 24.2 Å². The third-order valence-electron chi connectivity index (χ3n) is 4.33. The fourth-order valence-electron chi connectivity index (χ4n) is 2.50. The molecule has 1 atom stereocenters. The van der Waals surface area contributed by atoms with Crippen molar-refractivity contribution in [2.45, 2.75) is 31.3 Å². The number of hydrogen-bond donors (Lipinski definition) is 1. The number of rotatable bonds is 10. The first-order valence-electron chi connectivity index (χ1n) is 9.38.